The maximum atomic E-state index is 13.3. The Hall–Kier alpha value is -2.26. The predicted octanol–water partition coefficient (Wildman–Crippen LogP) is 2.96. The highest BCUT2D eigenvalue weighted by Crippen LogP contribution is 2.49. The third-order valence-electron chi connectivity index (χ3n) is 4.46. The van der Waals surface area contributed by atoms with E-state index in [1.807, 2.05) is 13.1 Å². The number of hydrogen-bond acceptors (Lipinski definition) is 4. The number of nitrogens with zero attached hydrogens (tertiary/aromatic N) is 1. The summed E-state index contributed by atoms with van der Waals surface area (Å²) in [4.78, 5) is 0. The number of halogens is 1. The Labute approximate surface area is 140 Å². The monoisotopic (exact) mass is 326 g/mol. The lowest BCUT2D eigenvalue weighted by atomic mass is 9.81. The lowest BCUT2D eigenvalue weighted by Gasteiger charge is -2.31. The molecule has 0 aliphatic carbocycles. The Morgan fingerprint density at radius 1 is 1.29 bits per heavy atom. The zero-order chi connectivity index (χ0) is 17.2. The number of rotatable bonds is 5. The summed E-state index contributed by atoms with van der Waals surface area (Å²) in [5, 5.41) is 22.6. The van der Waals surface area contributed by atoms with E-state index in [1.165, 1.54) is 12.1 Å². The van der Waals surface area contributed by atoms with E-state index in [0.29, 0.717) is 17.5 Å². The van der Waals surface area contributed by atoms with E-state index in [9.17, 15) is 9.50 Å². The fraction of sp³-hybridized carbons (Fsp3) is 0.316. The predicted molar refractivity (Wildman–Crippen MR) is 87.5 cm³/mol. The summed E-state index contributed by atoms with van der Waals surface area (Å²) in [7, 11) is 1.88. The molecular formula is C19H19FN2O2. The van der Waals surface area contributed by atoms with Crippen molar-refractivity contribution < 1.29 is 14.2 Å². The molecular weight excluding hydrogens is 307 g/mol. The van der Waals surface area contributed by atoms with Crippen molar-refractivity contribution >= 4 is 0 Å². The Morgan fingerprint density at radius 2 is 2.04 bits per heavy atom. The molecule has 0 saturated heterocycles. The zero-order valence-corrected chi connectivity index (χ0v) is 13.4. The van der Waals surface area contributed by atoms with Gasteiger partial charge in [0.15, 0.2) is 6.29 Å². The molecule has 0 amide bonds. The van der Waals surface area contributed by atoms with Crippen molar-refractivity contribution in [2.24, 2.45) is 0 Å². The van der Waals surface area contributed by atoms with Gasteiger partial charge in [-0.1, -0.05) is 18.2 Å². The minimum Gasteiger partial charge on any atom is -0.364 e. The van der Waals surface area contributed by atoms with Gasteiger partial charge in [-0.2, -0.15) is 5.26 Å². The first-order chi connectivity index (χ1) is 11.6. The molecule has 4 nitrogen and oxygen atoms in total. The van der Waals surface area contributed by atoms with Crippen LogP contribution in [0, 0.1) is 17.1 Å². The summed E-state index contributed by atoms with van der Waals surface area (Å²) in [6.07, 6.45) is 0.350. The first kappa shape index (κ1) is 16.6. The van der Waals surface area contributed by atoms with E-state index in [-0.39, 0.29) is 5.82 Å². The summed E-state index contributed by atoms with van der Waals surface area (Å²) in [6, 6.07) is 13.4. The zero-order valence-electron chi connectivity index (χ0n) is 13.4. The summed E-state index contributed by atoms with van der Waals surface area (Å²) < 4.78 is 19.3. The van der Waals surface area contributed by atoms with Crippen LogP contribution in [0.2, 0.25) is 0 Å². The van der Waals surface area contributed by atoms with Gasteiger partial charge in [-0.05, 0) is 61.8 Å². The minimum atomic E-state index is -1.10. The van der Waals surface area contributed by atoms with Crippen LogP contribution in [0.5, 0.6) is 0 Å². The van der Waals surface area contributed by atoms with E-state index in [0.717, 1.165) is 24.1 Å². The minimum absolute atomic E-state index is 0.317. The van der Waals surface area contributed by atoms with Crippen molar-refractivity contribution in [1.29, 1.82) is 5.26 Å². The van der Waals surface area contributed by atoms with Crippen LogP contribution >= 0.6 is 0 Å². The number of aliphatic hydroxyl groups excluding tert-OH is 1. The molecule has 3 rings (SSSR count). The first-order valence-corrected chi connectivity index (χ1v) is 7.92. The van der Waals surface area contributed by atoms with Gasteiger partial charge in [0, 0.05) is 5.56 Å². The van der Waals surface area contributed by atoms with Crippen LogP contribution in [-0.4, -0.2) is 18.7 Å². The Kier molecular flexibility index (Phi) is 4.63. The van der Waals surface area contributed by atoms with Gasteiger partial charge < -0.3 is 15.2 Å². The summed E-state index contributed by atoms with van der Waals surface area (Å²) in [6.45, 7) is 0.800. The second-order valence-electron chi connectivity index (χ2n) is 5.93. The summed E-state index contributed by atoms with van der Waals surface area (Å²) in [5.74, 6) is -0.317. The molecule has 1 aliphatic rings. The molecule has 1 heterocycles. The molecule has 2 aromatic carbocycles. The van der Waals surface area contributed by atoms with Crippen LogP contribution < -0.4 is 5.32 Å². The smallest absolute Gasteiger partial charge is 0.183 e. The number of hydrogen-bond donors (Lipinski definition) is 2. The lowest BCUT2D eigenvalue weighted by molar-refractivity contribution is -0.158. The van der Waals surface area contributed by atoms with Crippen LogP contribution in [0.25, 0.3) is 0 Å². The largest absolute Gasteiger partial charge is 0.364 e. The van der Waals surface area contributed by atoms with Crippen LogP contribution in [0.1, 0.15) is 41.4 Å². The topological polar surface area (TPSA) is 65.3 Å². The highest BCUT2D eigenvalue weighted by Gasteiger charge is 2.45. The van der Waals surface area contributed by atoms with Crippen molar-refractivity contribution in [1.82, 2.24) is 5.32 Å². The molecule has 0 fully saturated rings. The molecule has 124 valence electrons. The van der Waals surface area contributed by atoms with E-state index in [1.54, 1.807) is 24.3 Å². The Bertz CT molecular complexity index is 770. The molecule has 0 aromatic heterocycles. The number of benzene rings is 2. The molecule has 24 heavy (non-hydrogen) atoms. The van der Waals surface area contributed by atoms with Gasteiger partial charge in [0.05, 0.1) is 11.6 Å². The molecule has 2 aromatic rings. The summed E-state index contributed by atoms with van der Waals surface area (Å²) >= 11 is 0. The van der Waals surface area contributed by atoms with Gasteiger partial charge in [-0.15, -0.1) is 0 Å². The van der Waals surface area contributed by atoms with Gasteiger partial charge in [0.1, 0.15) is 11.4 Å². The van der Waals surface area contributed by atoms with E-state index in [4.69, 9.17) is 10.00 Å². The van der Waals surface area contributed by atoms with Crippen molar-refractivity contribution in [2.75, 3.05) is 13.6 Å². The highest BCUT2D eigenvalue weighted by atomic mass is 19.1. The van der Waals surface area contributed by atoms with Gasteiger partial charge in [-0.3, -0.25) is 0 Å². The van der Waals surface area contributed by atoms with Crippen molar-refractivity contribution in [2.45, 2.75) is 24.7 Å². The van der Waals surface area contributed by atoms with Crippen LogP contribution in [0.3, 0.4) is 0 Å². The quantitative estimate of drug-likeness (QED) is 0.829. The third-order valence-corrected chi connectivity index (χ3v) is 4.46. The van der Waals surface area contributed by atoms with E-state index < -0.39 is 11.9 Å². The van der Waals surface area contributed by atoms with Crippen molar-refractivity contribution in [3.63, 3.8) is 0 Å². The van der Waals surface area contributed by atoms with Crippen LogP contribution in [-0.2, 0) is 10.3 Å². The molecule has 2 N–H and O–H groups in total. The molecule has 2 atom stereocenters. The van der Waals surface area contributed by atoms with E-state index >= 15 is 0 Å². The molecule has 0 spiro atoms. The summed E-state index contributed by atoms with van der Waals surface area (Å²) in [5.41, 5.74) is 1.86. The molecule has 1 unspecified atom stereocenters. The highest BCUT2D eigenvalue weighted by molar-refractivity contribution is 5.48. The third kappa shape index (κ3) is 2.80. The molecule has 0 radical (unpaired) electrons. The number of nitriles is 1. The number of aliphatic hydroxyl groups is 1. The number of ether oxygens (including phenoxy) is 1. The maximum absolute atomic E-state index is 13.3. The van der Waals surface area contributed by atoms with Gasteiger partial charge in [0.25, 0.3) is 0 Å². The number of nitrogens with one attached hydrogen (secondary N) is 1. The standard InChI is InChI=1S/C19H19FN2O2/c1-22-10-2-9-19(14-4-6-15(20)7-5-14)17-8-3-13(12-21)11-16(17)18(23)24-19/h3-8,11,18,22-23H,2,9-10H2,1H3/t18?,19-/m0/s1. The SMILES string of the molecule is CNCCC[C@@]1(c2ccc(F)cc2)OC(O)c2cc(C#N)ccc21. The van der Waals surface area contributed by atoms with Gasteiger partial charge >= 0.3 is 0 Å². The molecule has 5 heteroatoms. The fourth-order valence-electron chi connectivity index (χ4n) is 3.32. The fourth-order valence-corrected chi connectivity index (χ4v) is 3.32. The second-order valence-corrected chi connectivity index (χ2v) is 5.93. The molecule has 0 bridgehead atoms. The van der Waals surface area contributed by atoms with Crippen LogP contribution in [0.15, 0.2) is 42.5 Å². The van der Waals surface area contributed by atoms with Crippen molar-refractivity contribution in [3.05, 3.63) is 70.5 Å². The van der Waals surface area contributed by atoms with Gasteiger partial charge in [0.2, 0.25) is 0 Å². The Morgan fingerprint density at radius 3 is 2.71 bits per heavy atom. The maximum Gasteiger partial charge on any atom is 0.183 e. The van der Waals surface area contributed by atoms with E-state index in [2.05, 4.69) is 11.4 Å². The second kappa shape index (κ2) is 6.70. The lowest BCUT2D eigenvalue weighted by Crippen LogP contribution is -2.29. The average Bonchev–Trinajstić information content (AvgIpc) is 2.88. The van der Waals surface area contributed by atoms with Crippen LogP contribution in [0.4, 0.5) is 4.39 Å². The normalized spacial score (nSPS) is 22.2. The molecule has 0 saturated carbocycles. The first-order valence-electron chi connectivity index (χ1n) is 7.92. The number of fused-ring (bicyclic) bond motifs is 1. The van der Waals surface area contributed by atoms with Crippen molar-refractivity contribution in [3.8, 4) is 6.07 Å². The van der Waals surface area contributed by atoms with Gasteiger partial charge in [-0.25, -0.2) is 4.39 Å². The Balaban J connectivity index is 2.10. The molecule has 1 aliphatic heterocycles. The average molecular weight is 326 g/mol.